The van der Waals surface area contributed by atoms with Gasteiger partial charge in [0.2, 0.25) is 15.9 Å². The number of aryl methyl sites for hydroxylation is 1. The SMILES string of the molecule is Cc1sc2ccccc2c1S(=O)(=O)NCCNC(=O)C(C)C. The fourth-order valence-electron chi connectivity index (χ4n) is 2.13. The second kappa shape index (κ2) is 6.76. The first-order chi connectivity index (χ1) is 10.3. The Hall–Kier alpha value is -1.44. The Bertz CT molecular complexity index is 779. The summed E-state index contributed by atoms with van der Waals surface area (Å²) in [5, 5.41) is 3.43. The Kier molecular flexibility index (Phi) is 5.20. The van der Waals surface area contributed by atoms with Gasteiger partial charge in [0.15, 0.2) is 0 Å². The van der Waals surface area contributed by atoms with E-state index in [1.165, 1.54) is 11.3 Å². The minimum atomic E-state index is -3.58. The number of thiophene rings is 1. The fourth-order valence-corrected chi connectivity index (χ4v) is 4.96. The van der Waals surface area contributed by atoms with E-state index >= 15 is 0 Å². The molecule has 1 heterocycles. The number of hydrogen-bond acceptors (Lipinski definition) is 4. The summed E-state index contributed by atoms with van der Waals surface area (Å²) in [5.41, 5.74) is 0. The molecule has 0 bridgehead atoms. The third-order valence-corrected chi connectivity index (χ3v) is 6.09. The van der Waals surface area contributed by atoms with Gasteiger partial charge < -0.3 is 5.32 Å². The zero-order chi connectivity index (χ0) is 16.3. The summed E-state index contributed by atoms with van der Waals surface area (Å²) in [4.78, 5) is 12.5. The predicted octanol–water partition coefficient (Wildman–Crippen LogP) is 2.26. The molecule has 0 unspecified atom stereocenters. The van der Waals surface area contributed by atoms with E-state index in [-0.39, 0.29) is 24.9 Å². The molecule has 5 nitrogen and oxygen atoms in total. The van der Waals surface area contributed by atoms with Gasteiger partial charge in [0.05, 0.1) is 0 Å². The van der Waals surface area contributed by atoms with E-state index in [2.05, 4.69) is 10.0 Å². The predicted molar refractivity (Wildman–Crippen MR) is 89.6 cm³/mol. The van der Waals surface area contributed by atoms with Crippen LogP contribution in [0.2, 0.25) is 0 Å². The lowest BCUT2D eigenvalue weighted by atomic mass is 10.2. The van der Waals surface area contributed by atoms with Crippen molar-refractivity contribution in [2.45, 2.75) is 25.7 Å². The first kappa shape index (κ1) is 16.9. The van der Waals surface area contributed by atoms with Gasteiger partial charge in [-0.15, -0.1) is 11.3 Å². The second-order valence-electron chi connectivity index (χ2n) is 5.33. The molecular weight excluding hydrogens is 320 g/mol. The van der Waals surface area contributed by atoms with Crippen LogP contribution >= 0.6 is 11.3 Å². The highest BCUT2D eigenvalue weighted by atomic mass is 32.2. The molecule has 1 aromatic heterocycles. The van der Waals surface area contributed by atoms with E-state index in [0.717, 1.165) is 15.0 Å². The molecule has 1 amide bonds. The van der Waals surface area contributed by atoms with Crippen LogP contribution in [0.1, 0.15) is 18.7 Å². The molecule has 0 aliphatic carbocycles. The van der Waals surface area contributed by atoms with Crippen molar-refractivity contribution in [1.29, 1.82) is 0 Å². The summed E-state index contributed by atoms with van der Waals surface area (Å²) < 4.78 is 28.5. The molecule has 2 N–H and O–H groups in total. The van der Waals surface area contributed by atoms with Gasteiger partial charge in [-0.25, -0.2) is 13.1 Å². The molecule has 0 spiro atoms. The molecule has 0 atom stereocenters. The molecule has 22 heavy (non-hydrogen) atoms. The van der Waals surface area contributed by atoms with Crippen LogP contribution in [0, 0.1) is 12.8 Å². The number of nitrogens with one attached hydrogen (secondary N) is 2. The minimum Gasteiger partial charge on any atom is -0.355 e. The quantitative estimate of drug-likeness (QED) is 0.792. The van der Waals surface area contributed by atoms with E-state index < -0.39 is 10.0 Å². The van der Waals surface area contributed by atoms with Crippen LogP contribution in [0.25, 0.3) is 10.1 Å². The smallest absolute Gasteiger partial charge is 0.242 e. The highest BCUT2D eigenvalue weighted by Crippen LogP contribution is 2.33. The number of carbonyl (C=O) groups excluding carboxylic acids is 1. The second-order valence-corrected chi connectivity index (χ2v) is 8.29. The van der Waals surface area contributed by atoms with Crippen LogP contribution < -0.4 is 10.0 Å². The van der Waals surface area contributed by atoms with Gasteiger partial charge in [-0.3, -0.25) is 4.79 Å². The monoisotopic (exact) mass is 340 g/mol. The number of benzene rings is 1. The maximum Gasteiger partial charge on any atom is 0.242 e. The third-order valence-electron chi connectivity index (χ3n) is 3.22. The lowest BCUT2D eigenvalue weighted by molar-refractivity contribution is -0.123. The normalized spacial score (nSPS) is 12.0. The summed E-state index contributed by atoms with van der Waals surface area (Å²) in [6.07, 6.45) is 0. The fraction of sp³-hybridized carbons (Fsp3) is 0.400. The van der Waals surface area contributed by atoms with Crippen molar-refractivity contribution in [2.75, 3.05) is 13.1 Å². The minimum absolute atomic E-state index is 0.0867. The summed E-state index contributed by atoms with van der Waals surface area (Å²) in [7, 11) is -3.58. The molecule has 0 saturated carbocycles. The van der Waals surface area contributed by atoms with E-state index in [0.29, 0.717) is 4.90 Å². The lowest BCUT2D eigenvalue weighted by Gasteiger charge is -2.09. The Morgan fingerprint density at radius 3 is 2.59 bits per heavy atom. The van der Waals surface area contributed by atoms with Gasteiger partial charge in [-0.2, -0.15) is 0 Å². The number of amides is 1. The molecule has 7 heteroatoms. The number of fused-ring (bicyclic) bond motifs is 1. The molecule has 0 saturated heterocycles. The van der Waals surface area contributed by atoms with Crippen molar-refractivity contribution in [1.82, 2.24) is 10.0 Å². The van der Waals surface area contributed by atoms with Crippen LogP contribution in [-0.4, -0.2) is 27.4 Å². The van der Waals surface area contributed by atoms with Crippen molar-refractivity contribution in [3.05, 3.63) is 29.1 Å². The Labute approximate surface area is 134 Å². The Morgan fingerprint density at radius 2 is 1.91 bits per heavy atom. The maximum absolute atomic E-state index is 12.5. The molecule has 2 aromatic rings. The molecule has 120 valence electrons. The Balaban J connectivity index is 2.10. The van der Waals surface area contributed by atoms with Gasteiger partial charge in [0, 0.05) is 34.0 Å². The zero-order valence-electron chi connectivity index (χ0n) is 12.8. The highest BCUT2D eigenvalue weighted by Gasteiger charge is 2.22. The Morgan fingerprint density at radius 1 is 1.23 bits per heavy atom. The summed E-state index contributed by atoms with van der Waals surface area (Å²) in [6, 6.07) is 7.45. The number of rotatable bonds is 6. The molecule has 0 aliphatic heterocycles. The molecule has 1 aromatic carbocycles. The molecular formula is C15H20N2O3S2. The van der Waals surface area contributed by atoms with Crippen LogP contribution in [0.3, 0.4) is 0 Å². The maximum atomic E-state index is 12.5. The largest absolute Gasteiger partial charge is 0.355 e. The van der Waals surface area contributed by atoms with Gasteiger partial charge in [0.25, 0.3) is 0 Å². The number of hydrogen-bond donors (Lipinski definition) is 2. The third kappa shape index (κ3) is 3.66. The van der Waals surface area contributed by atoms with Crippen molar-refractivity contribution < 1.29 is 13.2 Å². The number of sulfonamides is 1. The topological polar surface area (TPSA) is 75.3 Å². The van der Waals surface area contributed by atoms with Crippen LogP contribution in [0.15, 0.2) is 29.2 Å². The lowest BCUT2D eigenvalue weighted by Crippen LogP contribution is -2.36. The zero-order valence-corrected chi connectivity index (χ0v) is 14.5. The van der Waals surface area contributed by atoms with Gasteiger partial charge in [-0.05, 0) is 13.0 Å². The van der Waals surface area contributed by atoms with E-state index in [9.17, 15) is 13.2 Å². The summed E-state index contributed by atoms with van der Waals surface area (Å²) in [5.74, 6) is -0.198. The van der Waals surface area contributed by atoms with Crippen LogP contribution in [0.5, 0.6) is 0 Å². The van der Waals surface area contributed by atoms with Crippen molar-refractivity contribution in [3.63, 3.8) is 0 Å². The highest BCUT2D eigenvalue weighted by molar-refractivity contribution is 7.90. The standard InChI is InChI=1S/C15H20N2O3S2/c1-10(2)15(18)16-8-9-17-22(19,20)14-11(3)21-13-7-5-4-6-12(13)14/h4-7,10,17H,8-9H2,1-3H3,(H,16,18). The van der Waals surface area contributed by atoms with Crippen molar-refractivity contribution >= 4 is 37.4 Å². The van der Waals surface area contributed by atoms with Gasteiger partial charge >= 0.3 is 0 Å². The van der Waals surface area contributed by atoms with E-state index in [1.54, 1.807) is 20.8 Å². The molecule has 2 rings (SSSR count). The molecule has 0 radical (unpaired) electrons. The molecule has 0 aliphatic rings. The van der Waals surface area contributed by atoms with Crippen molar-refractivity contribution in [3.8, 4) is 0 Å². The van der Waals surface area contributed by atoms with Gasteiger partial charge in [-0.1, -0.05) is 32.0 Å². The van der Waals surface area contributed by atoms with Crippen molar-refractivity contribution in [2.24, 2.45) is 5.92 Å². The average Bonchev–Trinajstić information content (AvgIpc) is 2.79. The summed E-state index contributed by atoms with van der Waals surface area (Å²) >= 11 is 1.46. The van der Waals surface area contributed by atoms with E-state index in [4.69, 9.17) is 0 Å². The van der Waals surface area contributed by atoms with E-state index in [1.807, 2.05) is 24.3 Å². The first-order valence-corrected chi connectivity index (χ1v) is 9.38. The first-order valence-electron chi connectivity index (χ1n) is 7.08. The van der Waals surface area contributed by atoms with Crippen LogP contribution in [-0.2, 0) is 14.8 Å². The molecule has 0 fully saturated rings. The van der Waals surface area contributed by atoms with Crippen LogP contribution in [0.4, 0.5) is 0 Å². The van der Waals surface area contributed by atoms with Gasteiger partial charge in [0.1, 0.15) is 4.90 Å². The number of carbonyl (C=O) groups is 1. The summed E-state index contributed by atoms with van der Waals surface area (Å²) in [6.45, 7) is 5.84. The average molecular weight is 340 g/mol.